The number of ether oxygens (including phenoxy) is 3. The molecule has 3 aromatic carbocycles. The number of hydrogen-bond acceptors (Lipinski definition) is 5. The van der Waals surface area contributed by atoms with Gasteiger partial charge in [0, 0.05) is 17.7 Å². The molecule has 0 aliphatic carbocycles. The molecule has 0 spiro atoms. The fraction of sp³-hybridized carbons (Fsp3) is 0.333. The number of benzene rings is 3. The number of hydrogen-bond donors (Lipinski definition) is 1. The Kier molecular flexibility index (Phi) is 8.10. The normalized spacial score (nSPS) is 14.5. The molecule has 5 rings (SSSR count). The van der Waals surface area contributed by atoms with Gasteiger partial charge in [0.25, 0.3) is 5.91 Å². The minimum absolute atomic E-state index is 0.0596. The Hall–Kier alpha value is -4.26. The summed E-state index contributed by atoms with van der Waals surface area (Å²) in [7, 11) is 3.31. The smallest absolute Gasteiger partial charge is 0.273 e. The van der Waals surface area contributed by atoms with Gasteiger partial charge in [-0.05, 0) is 61.1 Å². The van der Waals surface area contributed by atoms with Crippen LogP contribution in [0.3, 0.4) is 0 Å². The average Bonchev–Trinajstić information content (AvgIpc) is 3.51. The number of aryl methyl sites for hydroxylation is 1. The van der Waals surface area contributed by atoms with Crippen molar-refractivity contribution in [1.29, 1.82) is 0 Å². The second-order valence-corrected chi connectivity index (χ2v) is 10.7. The summed E-state index contributed by atoms with van der Waals surface area (Å²) in [5, 5.41) is 7.67. The quantitative estimate of drug-likeness (QED) is 0.232. The number of aromatic amines is 1. The van der Waals surface area contributed by atoms with Crippen LogP contribution in [-0.2, 0) is 6.42 Å². The molecule has 0 radical (unpaired) electrons. The second-order valence-electron chi connectivity index (χ2n) is 10.7. The van der Waals surface area contributed by atoms with E-state index in [0.29, 0.717) is 42.7 Å². The zero-order valence-electron chi connectivity index (χ0n) is 23.9. The van der Waals surface area contributed by atoms with E-state index < -0.39 is 0 Å². The van der Waals surface area contributed by atoms with Gasteiger partial charge in [-0.2, -0.15) is 5.10 Å². The van der Waals surface area contributed by atoms with Crippen LogP contribution in [0.15, 0.2) is 66.7 Å². The summed E-state index contributed by atoms with van der Waals surface area (Å²) >= 11 is 0. The number of H-pyrrole nitrogens is 1. The number of methoxy groups -OCH3 is 2. The van der Waals surface area contributed by atoms with Crippen LogP contribution >= 0.6 is 0 Å². The summed E-state index contributed by atoms with van der Waals surface area (Å²) in [5.41, 5.74) is 6.43. The molecule has 40 heavy (non-hydrogen) atoms. The van der Waals surface area contributed by atoms with Gasteiger partial charge in [0.15, 0.2) is 11.5 Å². The Morgan fingerprint density at radius 2 is 1.70 bits per heavy atom. The molecule has 1 unspecified atom stereocenters. The lowest BCUT2D eigenvalue weighted by atomic mass is 9.95. The largest absolute Gasteiger partial charge is 0.497 e. The molecule has 1 N–H and O–H groups in total. The summed E-state index contributed by atoms with van der Waals surface area (Å²) in [6.45, 7) is 7.57. The number of nitrogens with one attached hydrogen (secondary N) is 1. The summed E-state index contributed by atoms with van der Waals surface area (Å²) in [6.07, 6.45) is 1.66. The Labute approximate surface area is 236 Å². The summed E-state index contributed by atoms with van der Waals surface area (Å²) in [5.74, 6) is 2.65. The standard InChI is InChI=1S/C33H37N3O4/c1-21(2)17-19-40-27-15-12-25(20-28(27)39-5)32-29-30(24-10-6-22(3)7-11-24)34-35-31(29)33(37)36(32)18-16-23-8-13-26(38-4)14-9-23/h6-15,20-21,32H,16-19H2,1-5H3,(H,34,35). The molecule has 7 heteroatoms. The number of nitrogens with zero attached hydrogens (tertiary/aromatic N) is 2. The van der Waals surface area contributed by atoms with Crippen LogP contribution in [0.5, 0.6) is 17.2 Å². The molecule has 2 heterocycles. The molecule has 0 fully saturated rings. The third-order valence-corrected chi connectivity index (χ3v) is 7.45. The lowest BCUT2D eigenvalue weighted by Gasteiger charge is -2.27. The number of fused-ring (bicyclic) bond motifs is 1. The first-order valence-electron chi connectivity index (χ1n) is 13.8. The predicted molar refractivity (Wildman–Crippen MR) is 156 cm³/mol. The van der Waals surface area contributed by atoms with Crippen LogP contribution in [0.2, 0.25) is 0 Å². The fourth-order valence-corrected chi connectivity index (χ4v) is 5.13. The Bertz CT molecular complexity index is 1460. The van der Waals surface area contributed by atoms with Gasteiger partial charge in [0.05, 0.1) is 32.6 Å². The molecule has 0 saturated heterocycles. The molecular formula is C33H37N3O4. The Morgan fingerprint density at radius 3 is 2.38 bits per heavy atom. The Balaban J connectivity index is 1.52. The molecular weight excluding hydrogens is 502 g/mol. The molecule has 1 aromatic heterocycles. The van der Waals surface area contributed by atoms with Gasteiger partial charge in [0.2, 0.25) is 0 Å². The maximum absolute atomic E-state index is 13.8. The van der Waals surface area contributed by atoms with Gasteiger partial charge >= 0.3 is 0 Å². The number of carbonyl (C=O) groups excluding carboxylic acids is 1. The molecule has 0 bridgehead atoms. The Morgan fingerprint density at radius 1 is 0.950 bits per heavy atom. The molecule has 0 saturated carbocycles. The molecule has 1 amide bonds. The zero-order valence-corrected chi connectivity index (χ0v) is 23.9. The average molecular weight is 540 g/mol. The maximum atomic E-state index is 13.8. The van der Waals surface area contributed by atoms with E-state index >= 15 is 0 Å². The zero-order chi connectivity index (χ0) is 28.2. The third-order valence-electron chi connectivity index (χ3n) is 7.45. The van der Waals surface area contributed by atoms with Crippen LogP contribution in [0.1, 0.15) is 59.1 Å². The first-order valence-corrected chi connectivity index (χ1v) is 13.8. The lowest BCUT2D eigenvalue weighted by Crippen LogP contribution is -2.31. The second kappa shape index (κ2) is 11.9. The van der Waals surface area contributed by atoms with E-state index in [4.69, 9.17) is 14.2 Å². The van der Waals surface area contributed by atoms with Gasteiger partial charge in [-0.3, -0.25) is 9.89 Å². The fourth-order valence-electron chi connectivity index (χ4n) is 5.13. The topological polar surface area (TPSA) is 76.7 Å². The van der Waals surface area contributed by atoms with E-state index in [2.05, 4.69) is 55.2 Å². The first-order chi connectivity index (χ1) is 19.4. The van der Waals surface area contributed by atoms with E-state index in [1.54, 1.807) is 14.2 Å². The van der Waals surface area contributed by atoms with E-state index in [1.165, 1.54) is 5.56 Å². The van der Waals surface area contributed by atoms with Gasteiger partial charge in [-0.1, -0.05) is 61.9 Å². The molecule has 7 nitrogen and oxygen atoms in total. The summed E-state index contributed by atoms with van der Waals surface area (Å²) < 4.78 is 17.1. The van der Waals surface area contributed by atoms with Crippen molar-refractivity contribution >= 4 is 5.91 Å². The van der Waals surface area contributed by atoms with Crippen molar-refractivity contribution in [1.82, 2.24) is 15.1 Å². The highest BCUT2D eigenvalue weighted by Gasteiger charge is 2.42. The van der Waals surface area contributed by atoms with E-state index in [1.807, 2.05) is 47.4 Å². The van der Waals surface area contributed by atoms with Crippen molar-refractivity contribution in [2.24, 2.45) is 5.92 Å². The minimum atomic E-state index is -0.325. The van der Waals surface area contributed by atoms with E-state index in [-0.39, 0.29) is 11.9 Å². The van der Waals surface area contributed by atoms with Crippen molar-refractivity contribution in [3.8, 4) is 28.5 Å². The third kappa shape index (κ3) is 5.55. The molecule has 1 aliphatic heterocycles. The van der Waals surface area contributed by atoms with Crippen LogP contribution in [0.4, 0.5) is 0 Å². The van der Waals surface area contributed by atoms with Crippen LogP contribution in [0.25, 0.3) is 11.3 Å². The van der Waals surface area contributed by atoms with E-state index in [9.17, 15) is 4.79 Å². The molecule has 1 atom stereocenters. The minimum Gasteiger partial charge on any atom is -0.497 e. The highest BCUT2D eigenvalue weighted by molar-refractivity contribution is 6.00. The van der Waals surface area contributed by atoms with Crippen LogP contribution in [-0.4, -0.2) is 48.4 Å². The van der Waals surface area contributed by atoms with Gasteiger partial charge in [-0.15, -0.1) is 0 Å². The summed E-state index contributed by atoms with van der Waals surface area (Å²) in [6, 6.07) is 21.9. The lowest BCUT2D eigenvalue weighted by molar-refractivity contribution is 0.0745. The number of aromatic nitrogens is 2. The SMILES string of the molecule is COc1ccc(CCN2C(=O)c3[nH]nc(-c4ccc(C)cc4)c3C2c2ccc(OCCC(C)C)c(OC)c2)cc1. The van der Waals surface area contributed by atoms with Crippen LogP contribution < -0.4 is 14.2 Å². The van der Waals surface area contributed by atoms with E-state index in [0.717, 1.165) is 40.1 Å². The van der Waals surface area contributed by atoms with Crippen LogP contribution in [0, 0.1) is 12.8 Å². The van der Waals surface area contributed by atoms with Gasteiger partial charge < -0.3 is 19.1 Å². The first kappa shape index (κ1) is 27.3. The number of amides is 1. The van der Waals surface area contributed by atoms with Crippen molar-refractivity contribution in [3.05, 3.63) is 94.7 Å². The maximum Gasteiger partial charge on any atom is 0.273 e. The molecule has 1 aliphatic rings. The molecule has 4 aromatic rings. The van der Waals surface area contributed by atoms with Gasteiger partial charge in [-0.25, -0.2) is 0 Å². The van der Waals surface area contributed by atoms with Crippen molar-refractivity contribution in [2.75, 3.05) is 27.4 Å². The van der Waals surface area contributed by atoms with Crippen molar-refractivity contribution < 1.29 is 19.0 Å². The monoisotopic (exact) mass is 539 g/mol. The van der Waals surface area contributed by atoms with Gasteiger partial charge in [0.1, 0.15) is 11.4 Å². The van der Waals surface area contributed by atoms with Crippen molar-refractivity contribution in [2.45, 2.75) is 39.7 Å². The van der Waals surface area contributed by atoms with Crippen molar-refractivity contribution in [3.63, 3.8) is 0 Å². The highest BCUT2D eigenvalue weighted by atomic mass is 16.5. The predicted octanol–water partition coefficient (Wildman–Crippen LogP) is 6.62. The number of carbonyl (C=O) groups is 1. The molecule has 208 valence electrons. The summed E-state index contributed by atoms with van der Waals surface area (Å²) in [4.78, 5) is 15.7. The highest BCUT2D eigenvalue weighted by Crippen LogP contribution is 2.44. The number of rotatable bonds is 11.